The van der Waals surface area contributed by atoms with E-state index in [2.05, 4.69) is 5.32 Å². The third-order valence-electron chi connectivity index (χ3n) is 3.39. The first-order chi connectivity index (χ1) is 9.13. The maximum Gasteiger partial charge on any atom is 0.317 e. The van der Waals surface area contributed by atoms with Crippen molar-refractivity contribution in [2.75, 3.05) is 32.8 Å². The van der Waals surface area contributed by atoms with E-state index in [-0.39, 0.29) is 12.5 Å². The van der Waals surface area contributed by atoms with E-state index in [1.807, 2.05) is 6.92 Å². The van der Waals surface area contributed by atoms with Crippen LogP contribution >= 0.6 is 0 Å². The van der Waals surface area contributed by atoms with E-state index in [4.69, 9.17) is 9.84 Å². The molecule has 0 spiro atoms. The summed E-state index contributed by atoms with van der Waals surface area (Å²) in [6, 6.07) is -0.0450. The molecule has 2 amide bonds. The van der Waals surface area contributed by atoms with Crippen LogP contribution in [0.15, 0.2) is 0 Å². The van der Waals surface area contributed by atoms with Crippen LogP contribution in [0.25, 0.3) is 0 Å². The predicted molar refractivity (Wildman–Crippen MR) is 71.1 cm³/mol. The summed E-state index contributed by atoms with van der Waals surface area (Å²) in [7, 11) is 0. The molecular weight excluding hydrogens is 248 g/mol. The second-order valence-corrected chi connectivity index (χ2v) is 4.79. The van der Waals surface area contributed by atoms with Crippen molar-refractivity contribution in [1.29, 1.82) is 0 Å². The first kappa shape index (κ1) is 15.8. The van der Waals surface area contributed by atoms with Gasteiger partial charge >= 0.3 is 12.0 Å². The number of urea groups is 1. The highest BCUT2D eigenvalue weighted by Crippen LogP contribution is 2.21. The van der Waals surface area contributed by atoms with E-state index < -0.39 is 5.97 Å². The van der Waals surface area contributed by atoms with Gasteiger partial charge in [-0.05, 0) is 32.1 Å². The lowest BCUT2D eigenvalue weighted by Crippen LogP contribution is -2.45. The zero-order valence-electron chi connectivity index (χ0n) is 11.6. The normalized spacial score (nSPS) is 16.4. The standard InChI is InChI=1S/C13H24N2O4/c1-2-19-10-7-14-13(18)15-8-5-11(6-9-15)3-4-12(16)17/h11H,2-10H2,1H3,(H,14,18)(H,16,17). The van der Waals surface area contributed by atoms with Crippen LogP contribution in [-0.2, 0) is 9.53 Å². The van der Waals surface area contributed by atoms with Crippen LogP contribution in [-0.4, -0.2) is 54.9 Å². The Kier molecular flexibility index (Phi) is 7.25. The Labute approximate surface area is 114 Å². The Morgan fingerprint density at radius 3 is 2.63 bits per heavy atom. The van der Waals surface area contributed by atoms with Gasteiger partial charge in [0.1, 0.15) is 0 Å². The molecule has 0 aromatic carbocycles. The predicted octanol–water partition coefficient (Wildman–Crippen LogP) is 1.31. The fourth-order valence-corrected chi connectivity index (χ4v) is 2.24. The van der Waals surface area contributed by atoms with Crippen molar-refractivity contribution >= 4 is 12.0 Å². The number of carboxylic acids is 1. The molecule has 19 heavy (non-hydrogen) atoms. The summed E-state index contributed by atoms with van der Waals surface area (Å²) in [5.41, 5.74) is 0. The lowest BCUT2D eigenvalue weighted by Gasteiger charge is -2.31. The third-order valence-corrected chi connectivity index (χ3v) is 3.39. The van der Waals surface area contributed by atoms with Gasteiger partial charge < -0.3 is 20.1 Å². The Balaban J connectivity index is 2.14. The largest absolute Gasteiger partial charge is 0.481 e. The molecule has 0 atom stereocenters. The van der Waals surface area contributed by atoms with E-state index in [1.54, 1.807) is 4.90 Å². The van der Waals surface area contributed by atoms with E-state index in [0.29, 0.717) is 38.8 Å². The number of amides is 2. The second-order valence-electron chi connectivity index (χ2n) is 4.79. The highest BCUT2D eigenvalue weighted by molar-refractivity contribution is 5.74. The number of nitrogens with one attached hydrogen (secondary N) is 1. The van der Waals surface area contributed by atoms with Gasteiger partial charge in [-0.3, -0.25) is 4.79 Å². The van der Waals surface area contributed by atoms with Crippen molar-refractivity contribution in [3.8, 4) is 0 Å². The molecule has 110 valence electrons. The Bertz CT molecular complexity index is 288. The van der Waals surface area contributed by atoms with Gasteiger partial charge in [-0.2, -0.15) is 0 Å². The number of hydrogen-bond acceptors (Lipinski definition) is 3. The number of carbonyl (C=O) groups excluding carboxylic acids is 1. The molecule has 1 aliphatic rings. The lowest BCUT2D eigenvalue weighted by molar-refractivity contribution is -0.137. The van der Waals surface area contributed by atoms with Crippen LogP contribution in [0.4, 0.5) is 4.79 Å². The quantitative estimate of drug-likeness (QED) is 0.685. The highest BCUT2D eigenvalue weighted by atomic mass is 16.5. The number of rotatable bonds is 7. The number of carboxylic acid groups (broad SMARTS) is 1. The minimum Gasteiger partial charge on any atom is -0.481 e. The number of carbonyl (C=O) groups is 2. The van der Waals surface area contributed by atoms with E-state index in [1.165, 1.54) is 0 Å². The fraction of sp³-hybridized carbons (Fsp3) is 0.846. The van der Waals surface area contributed by atoms with E-state index >= 15 is 0 Å². The van der Waals surface area contributed by atoms with Crippen molar-refractivity contribution in [1.82, 2.24) is 10.2 Å². The van der Waals surface area contributed by atoms with Gasteiger partial charge in [0.25, 0.3) is 0 Å². The molecule has 1 rings (SSSR count). The van der Waals surface area contributed by atoms with E-state index in [9.17, 15) is 9.59 Å². The molecule has 0 aliphatic carbocycles. The van der Waals surface area contributed by atoms with Crippen molar-refractivity contribution in [2.24, 2.45) is 5.92 Å². The fourth-order valence-electron chi connectivity index (χ4n) is 2.24. The van der Waals surface area contributed by atoms with Gasteiger partial charge in [0.2, 0.25) is 0 Å². The first-order valence-electron chi connectivity index (χ1n) is 6.95. The molecule has 2 N–H and O–H groups in total. The number of piperidine rings is 1. The van der Waals surface area contributed by atoms with Crippen LogP contribution in [0.1, 0.15) is 32.6 Å². The summed E-state index contributed by atoms with van der Waals surface area (Å²) < 4.78 is 5.15. The summed E-state index contributed by atoms with van der Waals surface area (Å²) >= 11 is 0. The number of nitrogens with zero attached hydrogens (tertiary/aromatic N) is 1. The summed E-state index contributed by atoms with van der Waals surface area (Å²) in [5.74, 6) is -0.306. The first-order valence-corrected chi connectivity index (χ1v) is 6.95. The monoisotopic (exact) mass is 272 g/mol. The molecule has 1 saturated heterocycles. The summed E-state index contributed by atoms with van der Waals surface area (Å²) in [5, 5.41) is 11.5. The van der Waals surface area contributed by atoms with Gasteiger partial charge in [-0.25, -0.2) is 4.79 Å². The second kappa shape index (κ2) is 8.74. The van der Waals surface area contributed by atoms with Crippen LogP contribution in [0.5, 0.6) is 0 Å². The maximum atomic E-state index is 11.8. The number of ether oxygens (including phenoxy) is 1. The minimum atomic E-state index is -0.740. The lowest BCUT2D eigenvalue weighted by atomic mass is 9.92. The zero-order valence-corrected chi connectivity index (χ0v) is 11.6. The van der Waals surface area contributed by atoms with Crippen LogP contribution in [0.2, 0.25) is 0 Å². The Morgan fingerprint density at radius 1 is 1.37 bits per heavy atom. The molecule has 0 bridgehead atoms. The number of likely N-dealkylation sites (tertiary alicyclic amines) is 1. The van der Waals surface area contributed by atoms with Crippen molar-refractivity contribution in [2.45, 2.75) is 32.6 Å². The van der Waals surface area contributed by atoms with Gasteiger partial charge in [-0.1, -0.05) is 0 Å². The SMILES string of the molecule is CCOCCNC(=O)N1CCC(CCC(=O)O)CC1. The van der Waals surface area contributed by atoms with Crippen LogP contribution in [0.3, 0.4) is 0 Å². The maximum absolute atomic E-state index is 11.8. The Hall–Kier alpha value is -1.30. The van der Waals surface area contributed by atoms with Crippen LogP contribution in [0, 0.1) is 5.92 Å². The van der Waals surface area contributed by atoms with Crippen molar-refractivity contribution in [3.05, 3.63) is 0 Å². The zero-order chi connectivity index (χ0) is 14.1. The van der Waals surface area contributed by atoms with Gasteiger partial charge in [0.05, 0.1) is 6.61 Å². The molecular formula is C13H24N2O4. The molecule has 0 unspecified atom stereocenters. The minimum absolute atomic E-state index is 0.0450. The molecule has 1 fully saturated rings. The van der Waals surface area contributed by atoms with Gasteiger partial charge in [-0.15, -0.1) is 0 Å². The van der Waals surface area contributed by atoms with E-state index in [0.717, 1.165) is 19.3 Å². The summed E-state index contributed by atoms with van der Waals surface area (Å²) in [6.07, 6.45) is 2.73. The van der Waals surface area contributed by atoms with Crippen molar-refractivity contribution < 1.29 is 19.4 Å². The molecule has 1 heterocycles. The highest BCUT2D eigenvalue weighted by Gasteiger charge is 2.22. The van der Waals surface area contributed by atoms with Crippen molar-refractivity contribution in [3.63, 3.8) is 0 Å². The topological polar surface area (TPSA) is 78.9 Å². The van der Waals surface area contributed by atoms with Gasteiger partial charge in [0.15, 0.2) is 0 Å². The molecule has 0 aromatic rings. The number of hydrogen-bond donors (Lipinski definition) is 2. The molecule has 6 nitrogen and oxygen atoms in total. The Morgan fingerprint density at radius 2 is 2.05 bits per heavy atom. The van der Waals surface area contributed by atoms with Gasteiger partial charge in [0, 0.05) is 32.7 Å². The summed E-state index contributed by atoms with van der Waals surface area (Å²) in [6.45, 7) is 5.08. The smallest absolute Gasteiger partial charge is 0.317 e. The molecule has 0 saturated carbocycles. The molecule has 6 heteroatoms. The molecule has 1 aliphatic heterocycles. The number of aliphatic carboxylic acids is 1. The molecule has 0 radical (unpaired) electrons. The van der Waals surface area contributed by atoms with Crippen LogP contribution < -0.4 is 5.32 Å². The average Bonchev–Trinajstić information content (AvgIpc) is 2.41. The molecule has 0 aromatic heterocycles. The third kappa shape index (κ3) is 6.42. The average molecular weight is 272 g/mol. The summed E-state index contributed by atoms with van der Waals surface area (Å²) in [4.78, 5) is 24.1.